The molecule has 35 heavy (non-hydrogen) atoms. The first-order chi connectivity index (χ1) is 16.4. The Balaban J connectivity index is 1.77. The lowest BCUT2D eigenvalue weighted by Crippen LogP contribution is -2.58. The fraction of sp³-hybridized carbons (Fsp3) is 0.304. The number of nitrogens with one attached hydrogen (secondary N) is 1. The molecule has 1 aliphatic rings. The lowest BCUT2D eigenvalue weighted by molar-refractivity contribution is -0.277. The second-order valence-corrected chi connectivity index (χ2v) is 8.36. The normalized spacial score (nSPS) is 22.0. The minimum Gasteiger partial charge on any atom is -0.505 e. The highest BCUT2D eigenvalue weighted by Gasteiger charge is 2.62. The summed E-state index contributed by atoms with van der Waals surface area (Å²) in [6, 6.07) is 3.35. The van der Waals surface area contributed by atoms with Crippen molar-refractivity contribution in [3.63, 3.8) is 0 Å². The van der Waals surface area contributed by atoms with Crippen LogP contribution >= 0.6 is 0 Å². The number of halogens is 5. The molecule has 1 aliphatic carbocycles. The molecule has 186 valence electrons. The second kappa shape index (κ2) is 8.52. The third kappa shape index (κ3) is 3.97. The van der Waals surface area contributed by atoms with Gasteiger partial charge in [-0.25, -0.2) is 9.37 Å². The number of fused-ring (bicyclic) bond motifs is 1. The highest BCUT2D eigenvalue weighted by molar-refractivity contribution is 5.99. The van der Waals surface area contributed by atoms with Crippen LogP contribution in [-0.2, 0) is 0 Å². The van der Waals surface area contributed by atoms with Gasteiger partial charge in [0.2, 0.25) is 5.95 Å². The van der Waals surface area contributed by atoms with E-state index >= 15 is 0 Å². The molecule has 1 aromatic carbocycles. The molecular formula is C23H21F5N4O3. The zero-order chi connectivity index (χ0) is 25.7. The molecular weight excluding hydrogens is 475 g/mol. The van der Waals surface area contributed by atoms with E-state index in [1.165, 1.54) is 22.9 Å². The van der Waals surface area contributed by atoms with Crippen molar-refractivity contribution in [2.24, 2.45) is 0 Å². The van der Waals surface area contributed by atoms with E-state index in [4.69, 9.17) is 5.73 Å². The predicted octanol–water partition coefficient (Wildman–Crippen LogP) is 4.10. The first-order valence-electron chi connectivity index (χ1n) is 10.6. The summed E-state index contributed by atoms with van der Waals surface area (Å²) in [6.45, 7) is 1.54. The van der Waals surface area contributed by atoms with Gasteiger partial charge in [-0.1, -0.05) is 13.0 Å². The fourth-order valence-electron chi connectivity index (χ4n) is 4.54. The van der Waals surface area contributed by atoms with Gasteiger partial charge in [0.15, 0.2) is 17.2 Å². The topological polar surface area (TPSA) is 113 Å². The van der Waals surface area contributed by atoms with E-state index in [9.17, 15) is 37.0 Å². The molecule has 0 unspecified atom stereocenters. The fourth-order valence-corrected chi connectivity index (χ4v) is 4.54. The summed E-state index contributed by atoms with van der Waals surface area (Å²) >= 11 is 0. The van der Waals surface area contributed by atoms with Gasteiger partial charge in [-0.05, 0) is 48.6 Å². The van der Waals surface area contributed by atoms with Crippen LogP contribution in [0.5, 0.6) is 5.75 Å². The van der Waals surface area contributed by atoms with Gasteiger partial charge in [-0.2, -0.15) is 17.6 Å². The SMILES string of the molecule is CC[C@@H]1C[C@](O)(C(F)(F)F)[C@@H](NC(=O)c2ccn(-c3ccc(F)nc3)c2N)c2ccc(F)c(O)c21. The maximum atomic E-state index is 14.1. The van der Waals surface area contributed by atoms with Gasteiger partial charge in [-0.3, -0.25) is 4.79 Å². The number of aromatic hydroxyl groups is 1. The van der Waals surface area contributed by atoms with Gasteiger partial charge < -0.3 is 25.8 Å². The number of hydrogen-bond acceptors (Lipinski definition) is 5. The highest BCUT2D eigenvalue weighted by Crippen LogP contribution is 2.54. The first kappa shape index (κ1) is 24.5. The number of rotatable bonds is 4. The molecule has 0 saturated heterocycles. The number of amides is 1. The monoisotopic (exact) mass is 496 g/mol. The molecule has 0 radical (unpaired) electrons. The molecule has 3 aromatic rings. The van der Waals surface area contributed by atoms with Crippen molar-refractivity contribution in [3.05, 3.63) is 71.2 Å². The number of phenolic OH excluding ortho intramolecular Hbond substituents is 1. The molecule has 2 heterocycles. The molecule has 0 bridgehead atoms. The smallest absolute Gasteiger partial charge is 0.419 e. The molecule has 1 amide bonds. The third-order valence-corrected chi connectivity index (χ3v) is 6.38. The Kier molecular flexibility index (Phi) is 5.95. The summed E-state index contributed by atoms with van der Waals surface area (Å²) in [7, 11) is 0. The Hall–Kier alpha value is -3.67. The van der Waals surface area contributed by atoms with Crippen LogP contribution in [0.2, 0.25) is 0 Å². The summed E-state index contributed by atoms with van der Waals surface area (Å²) in [5.41, 5.74) is 2.34. The van der Waals surface area contributed by atoms with Gasteiger partial charge in [0.25, 0.3) is 5.91 Å². The molecule has 0 saturated carbocycles. The Morgan fingerprint density at radius 3 is 2.57 bits per heavy atom. The summed E-state index contributed by atoms with van der Waals surface area (Å²) in [5, 5.41) is 23.3. The number of aliphatic hydroxyl groups is 1. The number of hydrogen-bond donors (Lipinski definition) is 4. The summed E-state index contributed by atoms with van der Waals surface area (Å²) in [5.74, 6) is -4.83. The molecule has 7 nitrogen and oxygen atoms in total. The van der Waals surface area contributed by atoms with Gasteiger partial charge in [-0.15, -0.1) is 0 Å². The number of nitrogen functional groups attached to an aromatic ring is 1. The number of aromatic nitrogens is 2. The average Bonchev–Trinajstić information content (AvgIpc) is 3.18. The minimum atomic E-state index is -5.17. The number of anilines is 1. The Morgan fingerprint density at radius 2 is 1.97 bits per heavy atom. The molecule has 5 N–H and O–H groups in total. The molecule has 0 aliphatic heterocycles. The van der Waals surface area contributed by atoms with Crippen molar-refractivity contribution in [1.82, 2.24) is 14.9 Å². The van der Waals surface area contributed by atoms with E-state index in [1.54, 1.807) is 6.92 Å². The van der Waals surface area contributed by atoms with Gasteiger partial charge in [0.1, 0.15) is 5.82 Å². The quantitative estimate of drug-likeness (QED) is 0.321. The van der Waals surface area contributed by atoms with Crippen molar-refractivity contribution in [1.29, 1.82) is 0 Å². The van der Waals surface area contributed by atoms with Crippen LogP contribution in [0.1, 0.15) is 53.2 Å². The molecule has 4 rings (SSSR count). The average molecular weight is 496 g/mol. The number of benzene rings is 1. The van der Waals surface area contributed by atoms with Gasteiger partial charge in [0.05, 0.1) is 23.5 Å². The zero-order valence-electron chi connectivity index (χ0n) is 18.3. The van der Waals surface area contributed by atoms with Crippen LogP contribution in [-0.4, -0.2) is 37.4 Å². The van der Waals surface area contributed by atoms with E-state index in [2.05, 4.69) is 10.3 Å². The van der Waals surface area contributed by atoms with Gasteiger partial charge >= 0.3 is 6.18 Å². The van der Waals surface area contributed by atoms with Crippen LogP contribution in [0.15, 0.2) is 42.7 Å². The van der Waals surface area contributed by atoms with Crippen molar-refractivity contribution in [2.75, 3.05) is 5.73 Å². The van der Waals surface area contributed by atoms with Crippen LogP contribution < -0.4 is 11.1 Å². The number of carbonyl (C=O) groups is 1. The number of phenols is 1. The highest BCUT2D eigenvalue weighted by atomic mass is 19.4. The molecule has 3 atom stereocenters. The minimum absolute atomic E-state index is 0.0740. The number of alkyl halides is 3. The number of nitrogens with zero attached hydrogens (tertiary/aromatic N) is 2. The second-order valence-electron chi connectivity index (χ2n) is 8.36. The number of nitrogens with two attached hydrogens (primary N) is 1. The third-order valence-electron chi connectivity index (χ3n) is 6.38. The number of carbonyl (C=O) groups excluding carboxylic acids is 1. The summed E-state index contributed by atoms with van der Waals surface area (Å²) in [6.07, 6.45) is -3.50. The van der Waals surface area contributed by atoms with Crippen LogP contribution in [0, 0.1) is 11.8 Å². The molecule has 0 fully saturated rings. The zero-order valence-corrected chi connectivity index (χ0v) is 18.3. The maximum Gasteiger partial charge on any atom is 0.419 e. The van der Waals surface area contributed by atoms with Gasteiger partial charge in [0, 0.05) is 11.8 Å². The van der Waals surface area contributed by atoms with E-state index in [-0.39, 0.29) is 28.9 Å². The lowest BCUT2D eigenvalue weighted by atomic mass is 9.69. The summed E-state index contributed by atoms with van der Waals surface area (Å²) < 4.78 is 70.9. The van der Waals surface area contributed by atoms with E-state index in [0.29, 0.717) is 5.69 Å². The Morgan fingerprint density at radius 1 is 1.26 bits per heavy atom. The van der Waals surface area contributed by atoms with E-state index in [1.807, 2.05) is 0 Å². The van der Waals surface area contributed by atoms with Crippen LogP contribution in [0.3, 0.4) is 0 Å². The lowest BCUT2D eigenvalue weighted by Gasteiger charge is -2.45. The summed E-state index contributed by atoms with van der Waals surface area (Å²) in [4.78, 5) is 16.6. The predicted molar refractivity (Wildman–Crippen MR) is 115 cm³/mol. The van der Waals surface area contributed by atoms with E-state index < -0.39 is 53.6 Å². The van der Waals surface area contributed by atoms with Crippen LogP contribution in [0.25, 0.3) is 5.69 Å². The standard InChI is InChI=1S/C23H21F5N4O3/c1-2-11-9-22(35,23(26,27)28)19(13-4-5-15(24)18(33)17(11)13)31-21(34)14-7-8-32(20(14)29)12-3-6-16(25)30-10-12/h3-8,10-11,19,33,35H,2,9,29H2,1H3,(H,31,34)/t11-,19+,22-/m1/s1. The maximum absolute atomic E-state index is 14.1. The van der Waals surface area contributed by atoms with Crippen molar-refractivity contribution in [2.45, 2.75) is 43.5 Å². The molecule has 0 spiro atoms. The first-order valence-corrected chi connectivity index (χ1v) is 10.6. The molecule has 12 heteroatoms. The molecule has 2 aromatic heterocycles. The number of pyridine rings is 1. The largest absolute Gasteiger partial charge is 0.505 e. The van der Waals surface area contributed by atoms with Crippen molar-refractivity contribution < 1.29 is 37.0 Å². The van der Waals surface area contributed by atoms with Crippen molar-refractivity contribution in [3.8, 4) is 11.4 Å². The Labute approximate surface area is 196 Å². The van der Waals surface area contributed by atoms with Crippen LogP contribution in [0.4, 0.5) is 27.8 Å². The van der Waals surface area contributed by atoms with Crippen molar-refractivity contribution >= 4 is 11.7 Å². The Bertz CT molecular complexity index is 1280. The van der Waals surface area contributed by atoms with E-state index in [0.717, 1.165) is 24.4 Å².